The van der Waals surface area contributed by atoms with E-state index in [2.05, 4.69) is 33.4 Å². The third-order valence-electron chi connectivity index (χ3n) is 6.52. The summed E-state index contributed by atoms with van der Waals surface area (Å²) in [6.45, 7) is 1.29. The first kappa shape index (κ1) is 24.1. The highest BCUT2D eigenvalue weighted by atomic mass is 16.2. The van der Waals surface area contributed by atoms with Crippen LogP contribution in [-0.2, 0) is 29.2 Å². The smallest absolute Gasteiger partial charge is 0.319 e. The molecule has 5 rings (SSSR count). The van der Waals surface area contributed by atoms with Crippen LogP contribution in [0.4, 0.5) is 16.2 Å². The summed E-state index contributed by atoms with van der Waals surface area (Å²) in [4.78, 5) is 50.4. The number of piperidine rings is 1. The minimum Gasteiger partial charge on any atom is -0.381 e. The number of carbonyl (C=O) groups excluding carboxylic acids is 4. The molecule has 2 aliphatic rings. The molecule has 0 bridgehead atoms. The molecule has 0 saturated carbocycles. The van der Waals surface area contributed by atoms with Crippen LogP contribution < -0.4 is 21.3 Å². The van der Waals surface area contributed by atoms with E-state index < -0.39 is 11.9 Å². The molecule has 0 aliphatic carbocycles. The topological polar surface area (TPSA) is 120 Å². The van der Waals surface area contributed by atoms with Gasteiger partial charge in [0.05, 0.1) is 0 Å². The first-order valence-electron chi connectivity index (χ1n) is 12.2. The minimum absolute atomic E-state index is 0.216. The number of rotatable bonds is 7. The first-order valence-corrected chi connectivity index (χ1v) is 12.2. The number of amides is 5. The number of anilines is 2. The highest BCUT2D eigenvalue weighted by Gasteiger charge is 2.39. The molecule has 0 aromatic heterocycles. The number of nitrogens with one attached hydrogen (secondary N) is 4. The van der Waals surface area contributed by atoms with Crippen molar-refractivity contribution < 1.29 is 19.2 Å². The molecule has 1 unspecified atom stereocenters. The van der Waals surface area contributed by atoms with Crippen LogP contribution in [0.2, 0.25) is 0 Å². The molecule has 0 radical (unpaired) electrons. The lowest BCUT2D eigenvalue weighted by molar-refractivity contribution is -0.136. The Morgan fingerprint density at radius 2 is 1.65 bits per heavy atom. The van der Waals surface area contributed by atoms with Crippen LogP contribution in [-0.4, -0.2) is 34.7 Å². The quantitative estimate of drug-likeness (QED) is 0.373. The molecule has 5 amide bonds. The zero-order chi connectivity index (χ0) is 25.8. The van der Waals surface area contributed by atoms with Crippen molar-refractivity contribution in [3.8, 4) is 0 Å². The summed E-state index contributed by atoms with van der Waals surface area (Å²) in [5.41, 5.74) is 4.99. The van der Waals surface area contributed by atoms with E-state index in [1.54, 1.807) is 12.1 Å². The maximum atomic E-state index is 12.8. The summed E-state index contributed by atoms with van der Waals surface area (Å²) in [5.74, 6) is -0.966. The molecule has 9 heteroatoms. The van der Waals surface area contributed by atoms with Gasteiger partial charge in [0.2, 0.25) is 11.8 Å². The minimum atomic E-state index is -0.648. The van der Waals surface area contributed by atoms with Crippen molar-refractivity contribution in [1.29, 1.82) is 0 Å². The number of urea groups is 1. The van der Waals surface area contributed by atoms with Crippen molar-refractivity contribution in [2.45, 2.75) is 38.5 Å². The Labute approximate surface area is 214 Å². The highest BCUT2D eigenvalue weighted by Crippen LogP contribution is 2.28. The van der Waals surface area contributed by atoms with Crippen LogP contribution in [0.25, 0.3) is 0 Å². The Bertz CT molecular complexity index is 1340. The average Bonchev–Trinajstić information content (AvgIpc) is 3.23. The SMILES string of the molecule is O=C1CCC(N2Cc3cc(CNC(=O)Nc4ccc(NCc5ccccc5)cc4)ccc3C2=O)C(=O)N1. The zero-order valence-corrected chi connectivity index (χ0v) is 20.1. The van der Waals surface area contributed by atoms with E-state index in [1.165, 1.54) is 10.5 Å². The summed E-state index contributed by atoms with van der Waals surface area (Å²) >= 11 is 0. The van der Waals surface area contributed by atoms with E-state index in [0.29, 0.717) is 30.8 Å². The predicted molar refractivity (Wildman–Crippen MR) is 139 cm³/mol. The van der Waals surface area contributed by atoms with Gasteiger partial charge in [0.1, 0.15) is 6.04 Å². The number of hydrogen-bond acceptors (Lipinski definition) is 5. The predicted octanol–water partition coefficient (Wildman–Crippen LogP) is 3.38. The molecule has 1 atom stereocenters. The third kappa shape index (κ3) is 5.61. The lowest BCUT2D eigenvalue weighted by Gasteiger charge is -2.29. The van der Waals surface area contributed by atoms with Crippen LogP contribution in [0, 0.1) is 0 Å². The normalized spacial score (nSPS) is 16.7. The number of nitrogens with zero attached hydrogens (tertiary/aromatic N) is 1. The Balaban J connectivity index is 1.12. The van der Waals surface area contributed by atoms with Crippen LogP contribution in [0.15, 0.2) is 72.8 Å². The summed E-state index contributed by atoms with van der Waals surface area (Å²) in [6.07, 6.45) is 0.538. The maximum absolute atomic E-state index is 12.8. The van der Waals surface area contributed by atoms with Crippen LogP contribution >= 0.6 is 0 Å². The maximum Gasteiger partial charge on any atom is 0.319 e. The number of carbonyl (C=O) groups is 4. The fourth-order valence-electron chi connectivity index (χ4n) is 4.57. The standard InChI is InChI=1S/C28H27N5O4/c34-25-13-12-24(26(35)32-25)33-17-20-14-19(6-11-23(20)27(33)36)16-30-28(37)31-22-9-7-21(8-10-22)29-15-18-4-2-1-3-5-18/h1-11,14,24,29H,12-13,15-17H2,(H2,30,31,37)(H,32,34,35). The van der Waals surface area contributed by atoms with Crippen molar-refractivity contribution >= 4 is 35.1 Å². The van der Waals surface area contributed by atoms with Gasteiger partial charge in [-0.2, -0.15) is 0 Å². The lowest BCUT2D eigenvalue weighted by atomic mass is 10.0. The van der Waals surface area contributed by atoms with Crippen molar-refractivity contribution in [2.75, 3.05) is 10.6 Å². The van der Waals surface area contributed by atoms with Crippen molar-refractivity contribution in [3.63, 3.8) is 0 Å². The van der Waals surface area contributed by atoms with Gasteiger partial charge in [-0.1, -0.05) is 42.5 Å². The molecule has 0 spiro atoms. The fourth-order valence-corrected chi connectivity index (χ4v) is 4.57. The van der Waals surface area contributed by atoms with E-state index in [1.807, 2.05) is 48.5 Å². The molecule has 188 valence electrons. The van der Waals surface area contributed by atoms with E-state index in [4.69, 9.17) is 0 Å². The van der Waals surface area contributed by atoms with Crippen LogP contribution in [0.5, 0.6) is 0 Å². The van der Waals surface area contributed by atoms with E-state index in [9.17, 15) is 19.2 Å². The Morgan fingerprint density at radius 3 is 2.41 bits per heavy atom. The largest absolute Gasteiger partial charge is 0.381 e. The molecule has 37 heavy (non-hydrogen) atoms. The van der Waals surface area contributed by atoms with Gasteiger partial charge in [-0.25, -0.2) is 4.79 Å². The Morgan fingerprint density at radius 1 is 0.892 bits per heavy atom. The summed E-state index contributed by atoms with van der Waals surface area (Å²) in [6, 6.07) is 22.0. The summed E-state index contributed by atoms with van der Waals surface area (Å²) < 4.78 is 0. The Kier molecular flexibility index (Phi) is 6.85. The van der Waals surface area contributed by atoms with E-state index in [0.717, 1.165) is 16.8 Å². The molecule has 9 nitrogen and oxygen atoms in total. The van der Waals surface area contributed by atoms with Crippen LogP contribution in [0.3, 0.4) is 0 Å². The van der Waals surface area contributed by atoms with E-state index in [-0.39, 0.29) is 30.8 Å². The van der Waals surface area contributed by atoms with Gasteiger partial charge in [0, 0.05) is 43.0 Å². The van der Waals surface area contributed by atoms with Gasteiger partial charge in [-0.05, 0) is 53.4 Å². The van der Waals surface area contributed by atoms with E-state index >= 15 is 0 Å². The van der Waals surface area contributed by atoms with Gasteiger partial charge in [-0.15, -0.1) is 0 Å². The van der Waals surface area contributed by atoms with Gasteiger partial charge < -0.3 is 20.9 Å². The molecule has 1 fully saturated rings. The zero-order valence-electron chi connectivity index (χ0n) is 20.1. The van der Waals surface area contributed by atoms with Gasteiger partial charge in [-0.3, -0.25) is 19.7 Å². The number of imide groups is 1. The molecule has 1 saturated heterocycles. The molecule has 4 N–H and O–H groups in total. The number of fused-ring (bicyclic) bond motifs is 1. The second-order valence-electron chi connectivity index (χ2n) is 9.12. The lowest BCUT2D eigenvalue weighted by Crippen LogP contribution is -2.52. The van der Waals surface area contributed by atoms with Gasteiger partial charge in [0.15, 0.2) is 0 Å². The van der Waals surface area contributed by atoms with Crippen molar-refractivity contribution in [3.05, 3.63) is 95.1 Å². The molecule has 2 heterocycles. The van der Waals surface area contributed by atoms with Gasteiger partial charge in [0.25, 0.3) is 5.91 Å². The molecular formula is C28H27N5O4. The number of hydrogen-bond donors (Lipinski definition) is 4. The second kappa shape index (κ2) is 10.5. The van der Waals surface area contributed by atoms with Gasteiger partial charge >= 0.3 is 6.03 Å². The monoisotopic (exact) mass is 497 g/mol. The summed E-state index contributed by atoms with van der Waals surface area (Å²) in [5, 5.41) is 11.3. The molecule has 2 aliphatic heterocycles. The first-order chi connectivity index (χ1) is 18.0. The Hall–Kier alpha value is -4.66. The van der Waals surface area contributed by atoms with Crippen molar-refractivity contribution in [2.24, 2.45) is 0 Å². The fraction of sp³-hybridized carbons (Fsp3) is 0.214. The average molecular weight is 498 g/mol. The molecular weight excluding hydrogens is 470 g/mol. The number of benzene rings is 3. The summed E-state index contributed by atoms with van der Waals surface area (Å²) in [7, 11) is 0. The third-order valence-corrected chi connectivity index (χ3v) is 6.52. The van der Waals surface area contributed by atoms with Crippen molar-refractivity contribution in [1.82, 2.24) is 15.5 Å². The second-order valence-corrected chi connectivity index (χ2v) is 9.12. The molecule has 3 aromatic carbocycles. The molecule has 3 aromatic rings. The highest BCUT2D eigenvalue weighted by molar-refractivity contribution is 6.05. The van der Waals surface area contributed by atoms with Crippen LogP contribution in [0.1, 0.15) is 39.9 Å².